The number of methoxy groups -OCH3 is 2. The molecule has 2 aromatic carbocycles. The highest BCUT2D eigenvalue weighted by atomic mass is 32.2. The Kier molecular flexibility index (Phi) is 6.66. The van der Waals surface area contributed by atoms with Crippen LogP contribution in [0.4, 0.5) is 20.9 Å². The normalized spacial score (nSPS) is 10.4. The minimum atomic E-state index is -0.338. The van der Waals surface area contributed by atoms with Crippen LogP contribution in [0, 0.1) is 5.82 Å². The third-order valence-electron chi connectivity index (χ3n) is 3.44. The van der Waals surface area contributed by atoms with E-state index in [-0.39, 0.29) is 17.5 Å². The lowest BCUT2D eigenvalue weighted by Crippen LogP contribution is -2.14. The van der Waals surface area contributed by atoms with Gasteiger partial charge < -0.3 is 20.1 Å². The lowest BCUT2D eigenvalue weighted by atomic mass is 10.2. The summed E-state index contributed by atoms with van der Waals surface area (Å²) in [4.78, 5) is 12.2. The second kappa shape index (κ2) is 9.38. The first-order valence-electron chi connectivity index (χ1n) is 8.07. The molecule has 0 aliphatic rings. The molecule has 10 heteroatoms. The molecule has 28 heavy (non-hydrogen) atoms. The van der Waals surface area contributed by atoms with E-state index in [1.165, 1.54) is 35.2 Å². The Balaban J connectivity index is 1.54. The molecule has 0 radical (unpaired) electrons. The van der Waals surface area contributed by atoms with Crippen LogP contribution in [-0.2, 0) is 4.79 Å². The van der Waals surface area contributed by atoms with Crippen LogP contribution in [0.5, 0.6) is 11.5 Å². The molecule has 0 unspecified atom stereocenters. The third kappa shape index (κ3) is 5.57. The van der Waals surface area contributed by atoms with Gasteiger partial charge in [0.05, 0.1) is 20.0 Å². The zero-order valence-corrected chi connectivity index (χ0v) is 16.7. The second-order valence-corrected chi connectivity index (χ2v) is 7.65. The first kappa shape index (κ1) is 19.9. The summed E-state index contributed by atoms with van der Waals surface area (Å²) in [6.45, 7) is 0. The number of hydrogen-bond acceptors (Lipinski definition) is 8. The van der Waals surface area contributed by atoms with E-state index < -0.39 is 0 Å². The van der Waals surface area contributed by atoms with Crippen molar-refractivity contribution in [1.29, 1.82) is 0 Å². The summed E-state index contributed by atoms with van der Waals surface area (Å²) in [5, 5.41) is 14.3. The van der Waals surface area contributed by atoms with Crippen molar-refractivity contribution >= 4 is 45.5 Å². The van der Waals surface area contributed by atoms with Gasteiger partial charge in [0, 0.05) is 29.6 Å². The Morgan fingerprint density at radius 1 is 1.11 bits per heavy atom. The molecule has 0 aliphatic carbocycles. The van der Waals surface area contributed by atoms with Crippen LogP contribution >= 0.6 is 23.1 Å². The van der Waals surface area contributed by atoms with Gasteiger partial charge in [-0.3, -0.25) is 4.79 Å². The van der Waals surface area contributed by atoms with Crippen molar-refractivity contribution in [3.05, 3.63) is 48.3 Å². The van der Waals surface area contributed by atoms with Gasteiger partial charge in [-0.05, 0) is 18.2 Å². The van der Waals surface area contributed by atoms with Crippen LogP contribution in [0.25, 0.3) is 0 Å². The Hall–Kier alpha value is -2.85. The average Bonchev–Trinajstić information content (AvgIpc) is 3.13. The summed E-state index contributed by atoms with van der Waals surface area (Å²) < 4.78 is 24.2. The number of nitrogens with zero attached hydrogens (tertiary/aromatic N) is 2. The van der Waals surface area contributed by atoms with Crippen molar-refractivity contribution in [2.45, 2.75) is 4.34 Å². The molecular formula is C18H17FN4O3S2. The van der Waals surface area contributed by atoms with Gasteiger partial charge in [-0.25, -0.2) is 4.39 Å². The maximum absolute atomic E-state index is 13.2. The number of hydrogen-bond donors (Lipinski definition) is 2. The van der Waals surface area contributed by atoms with Gasteiger partial charge in [-0.2, -0.15) is 0 Å². The zero-order valence-electron chi connectivity index (χ0n) is 15.1. The number of nitrogens with one attached hydrogen (secondary N) is 2. The molecule has 1 aromatic heterocycles. The summed E-state index contributed by atoms with van der Waals surface area (Å²) in [5.41, 5.74) is 1.16. The molecule has 0 aliphatic heterocycles. The van der Waals surface area contributed by atoms with Crippen LogP contribution in [0.1, 0.15) is 0 Å². The van der Waals surface area contributed by atoms with E-state index in [0.29, 0.717) is 32.3 Å². The number of anilines is 3. The summed E-state index contributed by atoms with van der Waals surface area (Å²) in [6.07, 6.45) is 0. The number of ether oxygens (including phenoxy) is 2. The first-order valence-corrected chi connectivity index (χ1v) is 9.88. The molecule has 0 saturated heterocycles. The van der Waals surface area contributed by atoms with E-state index in [1.807, 2.05) is 0 Å². The number of aromatic nitrogens is 2. The number of amides is 1. The Morgan fingerprint density at radius 3 is 2.54 bits per heavy atom. The van der Waals surface area contributed by atoms with E-state index >= 15 is 0 Å². The number of carbonyl (C=O) groups is 1. The maximum Gasteiger partial charge on any atom is 0.234 e. The highest BCUT2D eigenvalue weighted by Crippen LogP contribution is 2.29. The highest BCUT2D eigenvalue weighted by molar-refractivity contribution is 8.01. The summed E-state index contributed by atoms with van der Waals surface area (Å²) in [6, 6.07) is 11.2. The zero-order chi connectivity index (χ0) is 19.9. The maximum atomic E-state index is 13.2. The summed E-state index contributed by atoms with van der Waals surface area (Å²) in [7, 11) is 3.09. The predicted molar refractivity (Wildman–Crippen MR) is 108 cm³/mol. The number of carbonyl (C=O) groups excluding carboxylic acids is 1. The van der Waals surface area contributed by atoms with Gasteiger partial charge in [-0.15, -0.1) is 10.2 Å². The van der Waals surface area contributed by atoms with Crippen LogP contribution in [-0.4, -0.2) is 36.1 Å². The topological polar surface area (TPSA) is 85.4 Å². The van der Waals surface area contributed by atoms with Crippen molar-refractivity contribution in [3.63, 3.8) is 0 Å². The predicted octanol–water partition coefficient (Wildman–Crippen LogP) is 4.17. The molecule has 0 spiro atoms. The number of benzene rings is 2. The number of thioether (sulfide) groups is 1. The Morgan fingerprint density at radius 2 is 1.86 bits per heavy atom. The highest BCUT2D eigenvalue weighted by Gasteiger charge is 2.10. The van der Waals surface area contributed by atoms with Crippen LogP contribution in [0.2, 0.25) is 0 Å². The first-order chi connectivity index (χ1) is 13.6. The monoisotopic (exact) mass is 420 g/mol. The molecule has 0 saturated carbocycles. The molecule has 0 fully saturated rings. The molecule has 0 atom stereocenters. The summed E-state index contributed by atoms with van der Waals surface area (Å²) >= 11 is 2.54. The van der Waals surface area contributed by atoms with E-state index in [9.17, 15) is 9.18 Å². The van der Waals surface area contributed by atoms with E-state index in [0.717, 1.165) is 0 Å². The molecule has 146 valence electrons. The van der Waals surface area contributed by atoms with E-state index in [1.54, 1.807) is 44.6 Å². The van der Waals surface area contributed by atoms with Crippen LogP contribution < -0.4 is 20.1 Å². The van der Waals surface area contributed by atoms with Gasteiger partial charge in [0.15, 0.2) is 4.34 Å². The minimum absolute atomic E-state index is 0.161. The van der Waals surface area contributed by atoms with Crippen LogP contribution in [0.15, 0.2) is 46.8 Å². The number of halogens is 1. The molecule has 2 N–H and O–H groups in total. The van der Waals surface area contributed by atoms with Crippen molar-refractivity contribution in [3.8, 4) is 11.5 Å². The molecule has 3 rings (SSSR count). The van der Waals surface area contributed by atoms with Crippen LogP contribution in [0.3, 0.4) is 0 Å². The quantitative estimate of drug-likeness (QED) is 0.529. The standard InChI is InChI=1S/C18H17FN4O3S2/c1-25-14-7-13(8-15(9-14)26-2)20-16(24)10-27-18-23-22-17(28-18)21-12-5-3-4-11(19)6-12/h3-9H,10H2,1-2H3,(H,20,24)(H,21,22). The minimum Gasteiger partial charge on any atom is -0.497 e. The fraction of sp³-hybridized carbons (Fsp3) is 0.167. The van der Waals surface area contributed by atoms with Crippen molar-refractivity contribution in [2.75, 3.05) is 30.6 Å². The van der Waals surface area contributed by atoms with Crippen molar-refractivity contribution < 1.29 is 18.7 Å². The second-order valence-electron chi connectivity index (χ2n) is 5.45. The molecular weight excluding hydrogens is 403 g/mol. The molecule has 1 heterocycles. The Bertz CT molecular complexity index is 945. The third-order valence-corrected chi connectivity index (χ3v) is 5.42. The smallest absolute Gasteiger partial charge is 0.234 e. The fourth-order valence-electron chi connectivity index (χ4n) is 2.21. The SMILES string of the molecule is COc1cc(NC(=O)CSc2nnc(Nc3cccc(F)c3)s2)cc(OC)c1. The molecule has 3 aromatic rings. The van der Waals surface area contributed by atoms with Gasteiger partial charge in [0.25, 0.3) is 0 Å². The number of rotatable bonds is 8. The van der Waals surface area contributed by atoms with Gasteiger partial charge >= 0.3 is 0 Å². The van der Waals surface area contributed by atoms with Gasteiger partial charge in [-0.1, -0.05) is 29.2 Å². The fourth-order valence-corrected chi connectivity index (χ4v) is 3.78. The van der Waals surface area contributed by atoms with Gasteiger partial charge in [0.2, 0.25) is 11.0 Å². The summed E-state index contributed by atoms with van der Waals surface area (Å²) in [5.74, 6) is 0.790. The van der Waals surface area contributed by atoms with E-state index in [4.69, 9.17) is 9.47 Å². The molecule has 7 nitrogen and oxygen atoms in total. The molecule has 0 bridgehead atoms. The largest absolute Gasteiger partial charge is 0.497 e. The average molecular weight is 420 g/mol. The van der Waals surface area contributed by atoms with Crippen molar-refractivity contribution in [1.82, 2.24) is 10.2 Å². The van der Waals surface area contributed by atoms with Crippen molar-refractivity contribution in [2.24, 2.45) is 0 Å². The van der Waals surface area contributed by atoms with E-state index in [2.05, 4.69) is 20.8 Å². The Labute approximate surface area is 169 Å². The lowest BCUT2D eigenvalue weighted by Gasteiger charge is -2.09. The molecule has 1 amide bonds. The van der Waals surface area contributed by atoms with Gasteiger partial charge in [0.1, 0.15) is 17.3 Å². The lowest BCUT2D eigenvalue weighted by molar-refractivity contribution is -0.113.